The summed E-state index contributed by atoms with van der Waals surface area (Å²) in [6.45, 7) is 14.5. The monoisotopic (exact) mass is 350 g/mol. The molecular weight excluding hydrogens is 312 g/mol. The third kappa shape index (κ3) is 4.97. The van der Waals surface area contributed by atoms with E-state index in [1.165, 1.54) is 5.56 Å². The molecule has 1 aromatic rings. The van der Waals surface area contributed by atoms with Crippen molar-refractivity contribution in [3.05, 3.63) is 24.2 Å². The minimum atomic E-state index is -0.877. The second kappa shape index (κ2) is 9.02. The first kappa shape index (κ1) is 22.0. The van der Waals surface area contributed by atoms with Gasteiger partial charge in [-0.05, 0) is 61.0 Å². The Bertz CT molecular complexity index is 515. The van der Waals surface area contributed by atoms with E-state index >= 15 is 0 Å². The van der Waals surface area contributed by atoms with E-state index in [1.54, 1.807) is 19.5 Å². The number of furan rings is 1. The molecule has 144 valence electrons. The number of ketones is 1. The lowest BCUT2D eigenvalue weighted by atomic mass is 9.50. The van der Waals surface area contributed by atoms with E-state index in [1.807, 2.05) is 19.9 Å². The van der Waals surface area contributed by atoms with Gasteiger partial charge >= 0.3 is 0 Å². The Hall–Kier alpha value is -1.09. The highest BCUT2D eigenvalue weighted by Gasteiger charge is 2.52. The Kier molecular flexibility index (Phi) is 7.92. The van der Waals surface area contributed by atoms with E-state index < -0.39 is 6.10 Å². The summed E-state index contributed by atoms with van der Waals surface area (Å²) in [4.78, 5) is 12.8. The number of aliphatic hydroxyl groups excluding tert-OH is 1. The van der Waals surface area contributed by atoms with Gasteiger partial charge in [-0.1, -0.05) is 48.0 Å². The highest BCUT2D eigenvalue weighted by Crippen LogP contribution is 2.56. The number of carbonyl (C=O) groups is 1. The first-order valence-electron chi connectivity index (χ1n) is 9.91. The Labute approximate surface area is 154 Å². The van der Waals surface area contributed by atoms with Crippen molar-refractivity contribution in [1.82, 2.24) is 0 Å². The molecule has 0 spiro atoms. The van der Waals surface area contributed by atoms with Gasteiger partial charge in [0.05, 0.1) is 12.5 Å². The third-order valence-corrected chi connectivity index (χ3v) is 6.25. The summed E-state index contributed by atoms with van der Waals surface area (Å²) in [5.74, 6) is 0.361. The van der Waals surface area contributed by atoms with Gasteiger partial charge < -0.3 is 9.52 Å². The second-order valence-electron chi connectivity index (χ2n) is 8.43. The van der Waals surface area contributed by atoms with Crippen LogP contribution in [0.1, 0.15) is 79.7 Å². The van der Waals surface area contributed by atoms with Crippen molar-refractivity contribution in [3.8, 4) is 0 Å². The van der Waals surface area contributed by atoms with Crippen molar-refractivity contribution in [1.29, 1.82) is 0 Å². The van der Waals surface area contributed by atoms with Gasteiger partial charge in [-0.25, -0.2) is 0 Å². The molecule has 0 aliphatic heterocycles. The zero-order valence-electron chi connectivity index (χ0n) is 17.3. The highest BCUT2D eigenvalue weighted by atomic mass is 16.3. The summed E-state index contributed by atoms with van der Waals surface area (Å²) in [6.07, 6.45) is 7.93. The van der Waals surface area contributed by atoms with Gasteiger partial charge in [0.15, 0.2) is 5.78 Å². The molecular formula is C22H38O3. The number of hydrogen-bond acceptors (Lipinski definition) is 3. The molecule has 0 amide bonds. The summed E-state index contributed by atoms with van der Waals surface area (Å²) in [5, 5.41) is 9.94. The molecule has 0 bridgehead atoms. The van der Waals surface area contributed by atoms with E-state index in [9.17, 15) is 9.90 Å². The van der Waals surface area contributed by atoms with Crippen molar-refractivity contribution in [2.24, 2.45) is 22.7 Å². The fourth-order valence-corrected chi connectivity index (χ4v) is 4.74. The number of carbonyl (C=O) groups excluding carboxylic acids is 1. The fraction of sp³-hybridized carbons (Fsp3) is 0.773. The van der Waals surface area contributed by atoms with Crippen molar-refractivity contribution in [2.75, 3.05) is 0 Å². The van der Waals surface area contributed by atoms with Crippen LogP contribution in [-0.4, -0.2) is 17.0 Å². The normalized spacial score (nSPS) is 27.8. The molecule has 4 unspecified atom stereocenters. The average Bonchev–Trinajstić information content (AvgIpc) is 3.06. The highest BCUT2D eigenvalue weighted by molar-refractivity contribution is 5.86. The largest absolute Gasteiger partial charge is 0.472 e. The van der Waals surface area contributed by atoms with Crippen molar-refractivity contribution in [3.63, 3.8) is 0 Å². The molecule has 0 radical (unpaired) electrons. The van der Waals surface area contributed by atoms with E-state index in [2.05, 4.69) is 27.7 Å². The Balaban J connectivity index is 0.00000151. The predicted molar refractivity (Wildman–Crippen MR) is 103 cm³/mol. The van der Waals surface area contributed by atoms with Gasteiger partial charge in [-0.2, -0.15) is 0 Å². The summed E-state index contributed by atoms with van der Waals surface area (Å²) < 4.78 is 5.15. The Morgan fingerprint density at radius 2 is 1.92 bits per heavy atom. The average molecular weight is 351 g/mol. The minimum Gasteiger partial charge on any atom is -0.472 e. The molecule has 0 saturated heterocycles. The van der Waals surface area contributed by atoms with Crippen LogP contribution in [0.4, 0.5) is 0 Å². The number of rotatable bonds is 6. The number of Topliss-reactive ketones (excluding diaryl/α,β-unsaturated/α-hetero) is 1. The van der Waals surface area contributed by atoms with Crippen LogP contribution in [0.15, 0.2) is 23.0 Å². The van der Waals surface area contributed by atoms with Crippen LogP contribution in [0.5, 0.6) is 0 Å². The summed E-state index contributed by atoms with van der Waals surface area (Å²) in [5.41, 5.74) is 1.11. The van der Waals surface area contributed by atoms with Crippen molar-refractivity contribution >= 4 is 5.78 Å². The molecule has 1 aliphatic rings. The number of aliphatic hydroxyl groups is 1. The molecule has 4 atom stereocenters. The van der Waals surface area contributed by atoms with E-state index in [-0.39, 0.29) is 22.5 Å². The molecule has 1 fully saturated rings. The molecule has 2 rings (SSSR count). The first-order chi connectivity index (χ1) is 11.7. The summed E-state index contributed by atoms with van der Waals surface area (Å²) in [7, 11) is 0. The van der Waals surface area contributed by atoms with Crippen LogP contribution < -0.4 is 0 Å². The molecule has 1 aliphatic carbocycles. The lowest BCUT2D eigenvalue weighted by Gasteiger charge is -2.53. The van der Waals surface area contributed by atoms with Gasteiger partial charge in [0.25, 0.3) is 0 Å². The van der Waals surface area contributed by atoms with Gasteiger partial charge in [0.2, 0.25) is 0 Å². The maximum atomic E-state index is 12.8. The van der Waals surface area contributed by atoms with E-state index in [0.29, 0.717) is 5.92 Å². The van der Waals surface area contributed by atoms with Gasteiger partial charge in [0, 0.05) is 5.92 Å². The lowest BCUT2D eigenvalue weighted by Crippen LogP contribution is -2.52. The van der Waals surface area contributed by atoms with E-state index in [0.717, 1.165) is 32.1 Å². The number of aryl methyl sites for hydroxylation is 1. The zero-order chi connectivity index (χ0) is 19.3. The maximum Gasteiger partial charge on any atom is 0.165 e. The third-order valence-electron chi connectivity index (χ3n) is 6.25. The zero-order valence-corrected chi connectivity index (χ0v) is 17.3. The van der Waals surface area contributed by atoms with Crippen molar-refractivity contribution in [2.45, 2.75) is 86.7 Å². The van der Waals surface area contributed by atoms with Crippen LogP contribution in [0.2, 0.25) is 0 Å². The smallest absolute Gasteiger partial charge is 0.165 e. The Morgan fingerprint density at radius 1 is 1.28 bits per heavy atom. The summed E-state index contributed by atoms with van der Waals surface area (Å²) in [6, 6.07) is 2.01. The van der Waals surface area contributed by atoms with Crippen LogP contribution in [0.25, 0.3) is 0 Å². The van der Waals surface area contributed by atoms with Gasteiger partial charge in [0.1, 0.15) is 6.10 Å². The van der Waals surface area contributed by atoms with Gasteiger partial charge in [-0.15, -0.1) is 0 Å². The molecule has 3 heteroatoms. The molecule has 0 aromatic carbocycles. The van der Waals surface area contributed by atoms with Crippen LogP contribution >= 0.6 is 0 Å². The molecule has 1 N–H and O–H groups in total. The molecule has 3 nitrogen and oxygen atoms in total. The quantitative estimate of drug-likeness (QED) is 0.720. The predicted octanol–water partition coefficient (Wildman–Crippen LogP) is 5.66. The topological polar surface area (TPSA) is 50.4 Å². The first-order valence-corrected chi connectivity index (χ1v) is 9.91. The van der Waals surface area contributed by atoms with Crippen LogP contribution in [0, 0.1) is 22.7 Å². The lowest BCUT2D eigenvalue weighted by molar-refractivity contribution is -0.148. The minimum absolute atomic E-state index is 0.0207. The van der Waals surface area contributed by atoms with E-state index in [4.69, 9.17) is 4.42 Å². The Morgan fingerprint density at radius 3 is 2.44 bits per heavy atom. The van der Waals surface area contributed by atoms with Crippen LogP contribution in [-0.2, 0) is 11.2 Å². The van der Waals surface area contributed by atoms with Crippen LogP contribution in [0.3, 0.4) is 0 Å². The van der Waals surface area contributed by atoms with Crippen molar-refractivity contribution < 1.29 is 14.3 Å². The summed E-state index contributed by atoms with van der Waals surface area (Å²) >= 11 is 0. The maximum absolute atomic E-state index is 12.8. The number of hydrogen-bond donors (Lipinski definition) is 1. The second-order valence-corrected chi connectivity index (χ2v) is 8.43. The van der Waals surface area contributed by atoms with Gasteiger partial charge in [-0.3, -0.25) is 4.79 Å². The standard InChI is InChI=1S/C20H32O3.C2H6/c1-14(7-8-16-9-12-23-13-16)20(5)11-6-10-19(3,4)18(20)17(22)15(2)21;1-2/h9,12-15,18,21H,6-8,10-11H2,1-5H3;1-2H3. The molecule has 1 aromatic heterocycles. The molecule has 1 heterocycles. The molecule has 1 saturated carbocycles. The molecule has 25 heavy (non-hydrogen) atoms. The fourth-order valence-electron chi connectivity index (χ4n) is 4.74. The SMILES string of the molecule is CC.CC(O)C(=O)C1C(C)(C)CCCC1(C)C(C)CCc1ccoc1.